The summed E-state index contributed by atoms with van der Waals surface area (Å²) >= 11 is 0. The number of carbonyl (C=O) groups excluding carboxylic acids is 1. The zero-order valence-corrected chi connectivity index (χ0v) is 13.4. The number of nitrogens with one attached hydrogen (secondary N) is 3. The lowest BCUT2D eigenvalue weighted by atomic mass is 9.84. The number of anilines is 1. The van der Waals surface area contributed by atoms with Crippen LogP contribution < -0.4 is 10.6 Å². The Balaban J connectivity index is 0.00000176. The van der Waals surface area contributed by atoms with Crippen LogP contribution >= 0.6 is 12.4 Å². The summed E-state index contributed by atoms with van der Waals surface area (Å²) in [6, 6.07) is 5.55. The van der Waals surface area contributed by atoms with Gasteiger partial charge in [0.15, 0.2) is 0 Å². The largest absolute Gasteiger partial charge is 0.326 e. The first-order valence-corrected chi connectivity index (χ1v) is 7.53. The van der Waals surface area contributed by atoms with Crippen LogP contribution in [0.3, 0.4) is 0 Å². The fourth-order valence-corrected chi connectivity index (χ4v) is 3.00. The zero-order valence-electron chi connectivity index (χ0n) is 12.6. The van der Waals surface area contributed by atoms with Crippen LogP contribution in [-0.4, -0.2) is 34.4 Å². The quantitative estimate of drug-likeness (QED) is 0.806. The van der Waals surface area contributed by atoms with E-state index < -0.39 is 0 Å². The van der Waals surface area contributed by atoms with Crippen molar-refractivity contribution < 1.29 is 4.79 Å². The minimum atomic E-state index is 0. The van der Waals surface area contributed by atoms with E-state index in [0.29, 0.717) is 18.3 Å². The van der Waals surface area contributed by atoms with Crippen molar-refractivity contribution >= 4 is 35.0 Å². The Hall–Kier alpha value is -1.66. The predicted molar refractivity (Wildman–Crippen MR) is 89.1 cm³/mol. The first-order valence-electron chi connectivity index (χ1n) is 7.53. The second-order valence-electron chi connectivity index (χ2n) is 5.84. The monoisotopic (exact) mass is 323 g/mol. The highest BCUT2D eigenvalue weighted by Gasteiger charge is 2.22. The summed E-state index contributed by atoms with van der Waals surface area (Å²) in [4.78, 5) is 12.2. The van der Waals surface area contributed by atoms with Crippen molar-refractivity contribution in [2.75, 3.05) is 18.4 Å². The van der Waals surface area contributed by atoms with Gasteiger partial charge in [0.25, 0.3) is 0 Å². The molecule has 0 saturated carbocycles. The molecule has 3 rings (SSSR count). The Morgan fingerprint density at radius 1 is 1.32 bits per heavy atom. The Morgan fingerprint density at radius 2 is 2.05 bits per heavy atom. The highest BCUT2D eigenvalue weighted by Crippen LogP contribution is 2.25. The Labute approximate surface area is 135 Å². The number of piperidine rings is 1. The molecule has 0 radical (unpaired) electrons. The van der Waals surface area contributed by atoms with Gasteiger partial charge in [0.1, 0.15) is 11.0 Å². The standard InChI is InChI=1S/C15H21N5O.ClH/c1-10(11-4-6-16-7-5-11)8-15(21)17-12-2-3-13-14(9-12)19-20-18-13;/h2-3,9-11,16H,4-8H2,1H3,(H,17,21)(H,18,19,20);1H. The van der Waals surface area contributed by atoms with Gasteiger partial charge >= 0.3 is 0 Å². The van der Waals surface area contributed by atoms with E-state index in [4.69, 9.17) is 0 Å². The lowest BCUT2D eigenvalue weighted by molar-refractivity contribution is -0.117. The van der Waals surface area contributed by atoms with Gasteiger partial charge in [-0.1, -0.05) is 6.92 Å². The van der Waals surface area contributed by atoms with Gasteiger partial charge < -0.3 is 10.6 Å². The van der Waals surface area contributed by atoms with Crippen LogP contribution in [-0.2, 0) is 4.79 Å². The van der Waals surface area contributed by atoms with E-state index in [9.17, 15) is 4.79 Å². The van der Waals surface area contributed by atoms with Crippen molar-refractivity contribution in [3.63, 3.8) is 0 Å². The van der Waals surface area contributed by atoms with E-state index in [1.54, 1.807) is 0 Å². The molecule has 1 aromatic heterocycles. The Kier molecular flexibility index (Phi) is 5.74. The number of amides is 1. The van der Waals surface area contributed by atoms with Gasteiger partial charge in [0.05, 0.1) is 0 Å². The fourth-order valence-electron chi connectivity index (χ4n) is 3.00. The number of fused-ring (bicyclic) bond motifs is 1. The maximum absolute atomic E-state index is 12.2. The molecule has 6 nitrogen and oxygen atoms in total. The van der Waals surface area contributed by atoms with Crippen LogP contribution in [0.25, 0.3) is 11.0 Å². The molecular weight excluding hydrogens is 302 g/mol. The van der Waals surface area contributed by atoms with E-state index in [2.05, 4.69) is 33.0 Å². The summed E-state index contributed by atoms with van der Waals surface area (Å²) < 4.78 is 0. The van der Waals surface area contributed by atoms with Crippen molar-refractivity contribution in [1.82, 2.24) is 20.7 Å². The van der Waals surface area contributed by atoms with Crippen LogP contribution in [0, 0.1) is 11.8 Å². The lowest BCUT2D eigenvalue weighted by Gasteiger charge is -2.27. The molecule has 1 saturated heterocycles. The molecule has 0 spiro atoms. The molecule has 1 atom stereocenters. The van der Waals surface area contributed by atoms with Crippen molar-refractivity contribution in [3.05, 3.63) is 18.2 Å². The normalized spacial score (nSPS) is 17.0. The van der Waals surface area contributed by atoms with Crippen LogP contribution in [0.4, 0.5) is 5.69 Å². The highest BCUT2D eigenvalue weighted by atomic mass is 35.5. The van der Waals surface area contributed by atoms with Gasteiger partial charge in [-0.2, -0.15) is 15.4 Å². The minimum absolute atomic E-state index is 0. The number of carbonyl (C=O) groups is 1. The van der Waals surface area contributed by atoms with Gasteiger partial charge in [0, 0.05) is 12.1 Å². The third-order valence-electron chi connectivity index (χ3n) is 4.30. The van der Waals surface area contributed by atoms with Gasteiger partial charge in [-0.05, 0) is 56.0 Å². The van der Waals surface area contributed by atoms with E-state index in [-0.39, 0.29) is 18.3 Å². The Morgan fingerprint density at radius 3 is 2.82 bits per heavy atom. The predicted octanol–water partition coefficient (Wildman–Crippen LogP) is 2.34. The average Bonchev–Trinajstić information content (AvgIpc) is 2.95. The van der Waals surface area contributed by atoms with Crippen molar-refractivity contribution in [2.45, 2.75) is 26.2 Å². The van der Waals surface area contributed by atoms with Gasteiger partial charge in [0.2, 0.25) is 5.91 Å². The van der Waals surface area contributed by atoms with Crippen LogP contribution in [0.1, 0.15) is 26.2 Å². The summed E-state index contributed by atoms with van der Waals surface area (Å²) in [5.74, 6) is 1.14. The third kappa shape index (κ3) is 3.96. The molecule has 22 heavy (non-hydrogen) atoms. The maximum Gasteiger partial charge on any atom is 0.224 e. The molecule has 1 aromatic carbocycles. The number of benzene rings is 1. The van der Waals surface area contributed by atoms with Gasteiger partial charge in [-0.15, -0.1) is 12.4 Å². The van der Waals surface area contributed by atoms with E-state index in [0.717, 1.165) is 29.8 Å². The number of hydrogen-bond donors (Lipinski definition) is 3. The lowest BCUT2D eigenvalue weighted by Crippen LogP contribution is -2.32. The molecular formula is C15H22ClN5O. The number of aromatic nitrogens is 3. The highest BCUT2D eigenvalue weighted by molar-refractivity contribution is 5.92. The molecule has 1 fully saturated rings. The summed E-state index contributed by atoms with van der Waals surface area (Å²) in [5.41, 5.74) is 2.34. The van der Waals surface area contributed by atoms with Crippen LogP contribution in [0.5, 0.6) is 0 Å². The second kappa shape index (κ2) is 7.56. The summed E-state index contributed by atoms with van der Waals surface area (Å²) in [6.45, 7) is 4.31. The second-order valence-corrected chi connectivity index (χ2v) is 5.84. The molecule has 0 aliphatic carbocycles. The third-order valence-corrected chi connectivity index (χ3v) is 4.30. The molecule has 0 bridgehead atoms. The molecule has 1 amide bonds. The molecule has 3 N–H and O–H groups in total. The summed E-state index contributed by atoms with van der Waals surface area (Å²) in [6.07, 6.45) is 2.90. The first kappa shape index (κ1) is 16.7. The molecule has 1 unspecified atom stereocenters. The molecule has 120 valence electrons. The van der Waals surface area contributed by atoms with Crippen LogP contribution in [0.2, 0.25) is 0 Å². The average molecular weight is 324 g/mol. The molecule has 2 aromatic rings. The number of rotatable bonds is 4. The summed E-state index contributed by atoms with van der Waals surface area (Å²) in [5, 5.41) is 16.9. The van der Waals surface area contributed by atoms with Crippen molar-refractivity contribution in [2.24, 2.45) is 11.8 Å². The first-order chi connectivity index (χ1) is 10.2. The summed E-state index contributed by atoms with van der Waals surface area (Å²) in [7, 11) is 0. The number of H-pyrrole nitrogens is 1. The van der Waals surface area contributed by atoms with Crippen LogP contribution in [0.15, 0.2) is 18.2 Å². The SMILES string of the molecule is CC(CC(=O)Nc1ccc2n[nH]nc2c1)C1CCNCC1.Cl. The number of hydrogen-bond acceptors (Lipinski definition) is 4. The number of halogens is 1. The molecule has 1 aliphatic rings. The minimum Gasteiger partial charge on any atom is -0.326 e. The molecule has 7 heteroatoms. The van der Waals surface area contributed by atoms with Crippen molar-refractivity contribution in [3.8, 4) is 0 Å². The van der Waals surface area contributed by atoms with Gasteiger partial charge in [-0.3, -0.25) is 4.79 Å². The fraction of sp³-hybridized carbons (Fsp3) is 0.533. The number of aromatic amines is 1. The zero-order chi connectivity index (χ0) is 14.7. The topological polar surface area (TPSA) is 82.7 Å². The maximum atomic E-state index is 12.2. The number of nitrogens with zero attached hydrogens (tertiary/aromatic N) is 2. The van der Waals surface area contributed by atoms with Crippen molar-refractivity contribution in [1.29, 1.82) is 0 Å². The molecule has 2 heterocycles. The smallest absolute Gasteiger partial charge is 0.224 e. The van der Waals surface area contributed by atoms with E-state index in [1.165, 1.54) is 12.8 Å². The Bertz CT molecular complexity index is 623. The van der Waals surface area contributed by atoms with Gasteiger partial charge in [-0.25, -0.2) is 0 Å². The van der Waals surface area contributed by atoms with E-state index in [1.807, 2.05) is 18.2 Å². The van der Waals surface area contributed by atoms with E-state index >= 15 is 0 Å². The molecule has 1 aliphatic heterocycles.